The van der Waals surface area contributed by atoms with E-state index in [1.807, 2.05) is 61.5 Å². The predicted octanol–water partition coefficient (Wildman–Crippen LogP) is 3.82. The van der Waals surface area contributed by atoms with Crippen molar-refractivity contribution in [2.24, 2.45) is 5.16 Å². The molecule has 0 aromatic heterocycles. The van der Waals surface area contributed by atoms with E-state index < -0.39 is 0 Å². The Morgan fingerprint density at radius 1 is 1.24 bits per heavy atom. The summed E-state index contributed by atoms with van der Waals surface area (Å²) >= 11 is 0. The van der Waals surface area contributed by atoms with Crippen molar-refractivity contribution in [3.63, 3.8) is 0 Å². The van der Waals surface area contributed by atoms with Crippen LogP contribution in [0.15, 0.2) is 72.4 Å². The number of carbonyl (C=O) groups is 1. The Bertz CT molecular complexity index is 766. The number of carbonyl (C=O) groups excluding carboxylic acids is 1. The van der Waals surface area contributed by atoms with Crippen molar-refractivity contribution < 1.29 is 9.63 Å². The third-order valence-electron chi connectivity index (χ3n) is 4.20. The molecule has 0 saturated heterocycles. The lowest BCUT2D eigenvalue weighted by Gasteiger charge is -2.23. The molecule has 1 amide bonds. The van der Waals surface area contributed by atoms with Crippen molar-refractivity contribution in [3.8, 4) is 0 Å². The second-order valence-electron chi connectivity index (χ2n) is 6.20. The summed E-state index contributed by atoms with van der Waals surface area (Å²) in [6, 6.07) is 17.6. The first-order valence-corrected chi connectivity index (χ1v) is 8.42. The average Bonchev–Trinajstić information content (AvgIpc) is 3.11. The molecule has 0 spiro atoms. The lowest BCUT2D eigenvalue weighted by molar-refractivity contribution is 0.0450. The number of oxime groups is 1. The van der Waals surface area contributed by atoms with Gasteiger partial charge >= 0.3 is 0 Å². The highest BCUT2D eigenvalue weighted by Crippen LogP contribution is 2.18. The van der Waals surface area contributed by atoms with Gasteiger partial charge in [-0.1, -0.05) is 59.3 Å². The maximum Gasteiger partial charge on any atom is 0.254 e. The fourth-order valence-electron chi connectivity index (χ4n) is 2.85. The third-order valence-corrected chi connectivity index (χ3v) is 4.20. The summed E-state index contributed by atoms with van der Waals surface area (Å²) in [5, 5.41) is 4.20. The third kappa shape index (κ3) is 4.15. The number of nitrogens with zero attached hydrogens (tertiary/aromatic N) is 2. The summed E-state index contributed by atoms with van der Waals surface area (Å²) in [7, 11) is 0. The van der Waals surface area contributed by atoms with Gasteiger partial charge in [0, 0.05) is 18.5 Å². The Morgan fingerprint density at radius 3 is 2.64 bits per heavy atom. The number of hydrogen-bond donors (Lipinski definition) is 0. The van der Waals surface area contributed by atoms with E-state index in [0.717, 1.165) is 16.8 Å². The standard InChI is InChI=1S/C21H22N2O2/c1-3-13-23(21(24)18-11-9-16(2)10-12-18)15-19-14-20(22-25-19)17-7-5-4-6-8-17/h3-12,19H,1,13-15H2,2H3. The molecule has 4 nitrogen and oxygen atoms in total. The minimum atomic E-state index is -0.135. The Labute approximate surface area is 148 Å². The van der Waals surface area contributed by atoms with Gasteiger partial charge in [0.2, 0.25) is 0 Å². The number of benzene rings is 2. The van der Waals surface area contributed by atoms with E-state index >= 15 is 0 Å². The lowest BCUT2D eigenvalue weighted by atomic mass is 10.0. The predicted molar refractivity (Wildman–Crippen MR) is 99.7 cm³/mol. The van der Waals surface area contributed by atoms with Gasteiger partial charge in [-0.25, -0.2) is 0 Å². The topological polar surface area (TPSA) is 41.9 Å². The van der Waals surface area contributed by atoms with Crippen LogP contribution in [0.3, 0.4) is 0 Å². The highest BCUT2D eigenvalue weighted by atomic mass is 16.6. The molecular weight excluding hydrogens is 312 g/mol. The zero-order chi connectivity index (χ0) is 17.6. The highest BCUT2D eigenvalue weighted by molar-refractivity contribution is 6.01. The molecule has 3 rings (SSSR count). The fourth-order valence-corrected chi connectivity index (χ4v) is 2.85. The molecule has 4 heteroatoms. The first-order valence-electron chi connectivity index (χ1n) is 8.42. The summed E-state index contributed by atoms with van der Waals surface area (Å²) in [6.45, 7) is 6.73. The van der Waals surface area contributed by atoms with Crippen molar-refractivity contribution in [1.29, 1.82) is 0 Å². The van der Waals surface area contributed by atoms with Crippen LogP contribution in [0.5, 0.6) is 0 Å². The summed E-state index contributed by atoms with van der Waals surface area (Å²) < 4.78 is 0. The van der Waals surface area contributed by atoms with Gasteiger partial charge in [0.25, 0.3) is 5.91 Å². The molecule has 0 N–H and O–H groups in total. The molecule has 128 valence electrons. The highest BCUT2D eigenvalue weighted by Gasteiger charge is 2.26. The normalized spacial score (nSPS) is 16.0. The van der Waals surface area contributed by atoms with Crippen LogP contribution in [0, 0.1) is 6.92 Å². The van der Waals surface area contributed by atoms with Crippen LogP contribution in [0.4, 0.5) is 0 Å². The van der Waals surface area contributed by atoms with Gasteiger partial charge in [-0.2, -0.15) is 0 Å². The van der Waals surface area contributed by atoms with Crippen LogP contribution in [0.1, 0.15) is 27.9 Å². The first-order chi connectivity index (χ1) is 12.2. The van der Waals surface area contributed by atoms with Crippen LogP contribution in [-0.2, 0) is 4.84 Å². The van der Waals surface area contributed by atoms with E-state index in [2.05, 4.69) is 11.7 Å². The van der Waals surface area contributed by atoms with Gasteiger partial charge in [0.15, 0.2) is 6.10 Å². The van der Waals surface area contributed by atoms with Crippen molar-refractivity contribution in [3.05, 3.63) is 83.9 Å². The van der Waals surface area contributed by atoms with Gasteiger partial charge in [0.05, 0.1) is 12.3 Å². The molecule has 1 heterocycles. The zero-order valence-electron chi connectivity index (χ0n) is 14.4. The number of aryl methyl sites for hydroxylation is 1. The molecule has 0 aliphatic carbocycles. The quantitative estimate of drug-likeness (QED) is 0.754. The molecule has 1 aliphatic heterocycles. The summed E-state index contributed by atoms with van der Waals surface area (Å²) in [5.41, 5.74) is 3.79. The smallest absolute Gasteiger partial charge is 0.254 e. The van der Waals surface area contributed by atoms with Crippen molar-refractivity contribution in [2.45, 2.75) is 19.4 Å². The summed E-state index contributed by atoms with van der Waals surface area (Å²) in [5.74, 6) is -0.0170. The monoisotopic (exact) mass is 334 g/mol. The van der Waals surface area contributed by atoms with Crippen LogP contribution in [0.25, 0.3) is 0 Å². The second-order valence-corrected chi connectivity index (χ2v) is 6.20. The molecular formula is C21H22N2O2. The molecule has 25 heavy (non-hydrogen) atoms. The number of hydrogen-bond acceptors (Lipinski definition) is 3. The molecule has 0 bridgehead atoms. The summed E-state index contributed by atoms with van der Waals surface area (Å²) in [6.07, 6.45) is 2.29. The van der Waals surface area contributed by atoms with Crippen LogP contribution in [0.2, 0.25) is 0 Å². The number of rotatable bonds is 6. The maximum absolute atomic E-state index is 12.8. The van der Waals surface area contributed by atoms with Gasteiger partial charge in [-0.15, -0.1) is 6.58 Å². The zero-order valence-corrected chi connectivity index (χ0v) is 14.4. The largest absolute Gasteiger partial charge is 0.390 e. The fraction of sp³-hybridized carbons (Fsp3) is 0.238. The van der Waals surface area contributed by atoms with E-state index in [1.165, 1.54) is 0 Å². The minimum Gasteiger partial charge on any atom is -0.390 e. The maximum atomic E-state index is 12.8. The van der Waals surface area contributed by atoms with Gasteiger partial charge in [-0.3, -0.25) is 4.79 Å². The van der Waals surface area contributed by atoms with Crippen LogP contribution >= 0.6 is 0 Å². The number of amides is 1. The second kappa shape index (κ2) is 7.79. The lowest BCUT2D eigenvalue weighted by Crippen LogP contribution is -2.37. The molecule has 0 fully saturated rings. The molecule has 1 aliphatic rings. The molecule has 2 aromatic rings. The molecule has 1 atom stereocenters. The van der Waals surface area contributed by atoms with Gasteiger partial charge in [0.1, 0.15) is 0 Å². The van der Waals surface area contributed by atoms with Crippen LogP contribution in [-0.4, -0.2) is 35.7 Å². The van der Waals surface area contributed by atoms with E-state index in [-0.39, 0.29) is 12.0 Å². The van der Waals surface area contributed by atoms with E-state index in [0.29, 0.717) is 25.1 Å². The van der Waals surface area contributed by atoms with Gasteiger partial charge < -0.3 is 9.74 Å². The minimum absolute atomic E-state index is 0.0170. The van der Waals surface area contributed by atoms with Crippen LogP contribution < -0.4 is 0 Å². The van der Waals surface area contributed by atoms with Crippen molar-refractivity contribution in [2.75, 3.05) is 13.1 Å². The van der Waals surface area contributed by atoms with Crippen molar-refractivity contribution in [1.82, 2.24) is 4.90 Å². The van der Waals surface area contributed by atoms with Gasteiger partial charge in [-0.05, 0) is 24.6 Å². The molecule has 2 aromatic carbocycles. The first kappa shape index (κ1) is 17.0. The average molecular weight is 334 g/mol. The van der Waals surface area contributed by atoms with E-state index in [9.17, 15) is 4.79 Å². The van der Waals surface area contributed by atoms with Crippen molar-refractivity contribution >= 4 is 11.6 Å². The Kier molecular flexibility index (Phi) is 5.29. The molecule has 0 saturated carbocycles. The van der Waals surface area contributed by atoms with E-state index in [1.54, 1.807) is 11.0 Å². The summed E-state index contributed by atoms with van der Waals surface area (Å²) in [4.78, 5) is 20.1. The SMILES string of the molecule is C=CCN(CC1CC(c2ccccc2)=NO1)C(=O)c1ccc(C)cc1. The Hall–Kier alpha value is -2.88. The van der Waals surface area contributed by atoms with E-state index in [4.69, 9.17) is 4.84 Å². The Morgan fingerprint density at radius 2 is 1.96 bits per heavy atom. The molecule has 0 radical (unpaired) electrons. The Balaban J connectivity index is 1.66. The molecule has 1 unspecified atom stereocenters.